The smallest absolute Gasteiger partial charge is 0.274 e. The second-order valence-corrected chi connectivity index (χ2v) is 5.36. The zero-order valence-electron chi connectivity index (χ0n) is 12.2. The van der Waals surface area contributed by atoms with Gasteiger partial charge in [0.25, 0.3) is 11.5 Å². The van der Waals surface area contributed by atoms with Crippen LogP contribution < -0.4 is 5.56 Å². The molecule has 0 bridgehead atoms. The Kier molecular flexibility index (Phi) is 4.29. The highest BCUT2D eigenvalue weighted by molar-refractivity contribution is 5.92. The summed E-state index contributed by atoms with van der Waals surface area (Å²) in [4.78, 5) is 27.4. The highest BCUT2D eigenvalue weighted by Crippen LogP contribution is 2.10. The van der Waals surface area contributed by atoms with E-state index in [1.54, 1.807) is 4.90 Å². The van der Waals surface area contributed by atoms with Crippen molar-refractivity contribution in [1.82, 2.24) is 20.0 Å². The van der Waals surface area contributed by atoms with Crippen LogP contribution in [0.4, 0.5) is 0 Å². The number of carbonyl (C=O) groups excluding carboxylic acids is 1. The van der Waals surface area contributed by atoms with Crippen molar-refractivity contribution in [2.75, 3.05) is 26.2 Å². The van der Waals surface area contributed by atoms with Crippen LogP contribution in [0.5, 0.6) is 0 Å². The SMILES string of the molecule is O=C(c1ccc(=O)[nH]n1)N1CCN(Cc2ccccc2)CC1. The number of aromatic amines is 1. The number of nitrogens with zero attached hydrogens (tertiary/aromatic N) is 3. The number of hydrogen-bond donors (Lipinski definition) is 1. The molecule has 3 rings (SSSR count). The molecule has 1 aliphatic rings. The minimum absolute atomic E-state index is 0.129. The van der Waals surface area contributed by atoms with Gasteiger partial charge in [-0.2, -0.15) is 5.10 Å². The minimum Gasteiger partial charge on any atom is -0.335 e. The number of aromatic nitrogens is 2. The lowest BCUT2D eigenvalue weighted by atomic mass is 10.2. The van der Waals surface area contributed by atoms with Gasteiger partial charge in [-0.05, 0) is 11.6 Å². The average Bonchev–Trinajstić information content (AvgIpc) is 2.57. The molecule has 1 aliphatic heterocycles. The van der Waals surface area contributed by atoms with Crippen molar-refractivity contribution in [3.63, 3.8) is 0 Å². The Balaban J connectivity index is 1.56. The van der Waals surface area contributed by atoms with Crippen LogP contribution in [0.3, 0.4) is 0 Å². The lowest BCUT2D eigenvalue weighted by Crippen LogP contribution is -2.48. The minimum atomic E-state index is -0.302. The summed E-state index contributed by atoms with van der Waals surface area (Å²) < 4.78 is 0. The van der Waals surface area contributed by atoms with Gasteiger partial charge in [-0.25, -0.2) is 5.10 Å². The van der Waals surface area contributed by atoms with Crippen LogP contribution >= 0.6 is 0 Å². The second-order valence-electron chi connectivity index (χ2n) is 5.36. The first kappa shape index (κ1) is 14.5. The van der Waals surface area contributed by atoms with Gasteiger partial charge in [0, 0.05) is 38.8 Å². The van der Waals surface area contributed by atoms with Crippen LogP contribution in [0.2, 0.25) is 0 Å². The second kappa shape index (κ2) is 6.53. The molecule has 6 heteroatoms. The average molecular weight is 298 g/mol. The molecule has 1 N–H and O–H groups in total. The molecule has 1 fully saturated rings. The van der Waals surface area contributed by atoms with Crippen LogP contribution in [0.15, 0.2) is 47.3 Å². The summed E-state index contributed by atoms with van der Waals surface area (Å²) in [5, 5.41) is 6.10. The normalized spacial score (nSPS) is 15.7. The summed E-state index contributed by atoms with van der Waals surface area (Å²) >= 11 is 0. The Labute approximate surface area is 128 Å². The van der Waals surface area contributed by atoms with Gasteiger partial charge >= 0.3 is 0 Å². The maximum Gasteiger partial charge on any atom is 0.274 e. The molecule has 0 aliphatic carbocycles. The number of hydrogen-bond acceptors (Lipinski definition) is 4. The number of carbonyl (C=O) groups is 1. The third-order valence-corrected chi connectivity index (χ3v) is 3.81. The van der Waals surface area contributed by atoms with Gasteiger partial charge in [-0.3, -0.25) is 14.5 Å². The third kappa shape index (κ3) is 3.40. The van der Waals surface area contributed by atoms with E-state index < -0.39 is 0 Å². The fraction of sp³-hybridized carbons (Fsp3) is 0.312. The van der Waals surface area contributed by atoms with E-state index >= 15 is 0 Å². The van der Waals surface area contributed by atoms with E-state index in [-0.39, 0.29) is 17.2 Å². The predicted molar refractivity (Wildman–Crippen MR) is 82.5 cm³/mol. The molecule has 22 heavy (non-hydrogen) atoms. The highest BCUT2D eigenvalue weighted by atomic mass is 16.2. The molecule has 0 unspecified atom stereocenters. The molecule has 2 aromatic rings. The number of benzene rings is 1. The van der Waals surface area contributed by atoms with E-state index in [4.69, 9.17) is 0 Å². The molecule has 0 atom stereocenters. The maximum atomic E-state index is 12.3. The van der Waals surface area contributed by atoms with Crippen LogP contribution in [0.25, 0.3) is 0 Å². The van der Waals surface area contributed by atoms with E-state index in [9.17, 15) is 9.59 Å². The van der Waals surface area contributed by atoms with Crippen molar-refractivity contribution in [3.05, 3.63) is 64.1 Å². The van der Waals surface area contributed by atoms with Crippen molar-refractivity contribution in [2.45, 2.75) is 6.54 Å². The van der Waals surface area contributed by atoms with Crippen molar-refractivity contribution in [2.24, 2.45) is 0 Å². The molecule has 0 saturated carbocycles. The largest absolute Gasteiger partial charge is 0.335 e. The monoisotopic (exact) mass is 298 g/mol. The predicted octanol–water partition coefficient (Wildman–Crippen LogP) is 0.728. The molecule has 0 radical (unpaired) electrons. The summed E-state index contributed by atoms with van der Waals surface area (Å²) in [6.07, 6.45) is 0. The lowest BCUT2D eigenvalue weighted by molar-refractivity contribution is 0.0621. The van der Waals surface area contributed by atoms with Crippen LogP contribution in [-0.4, -0.2) is 52.1 Å². The Hall–Kier alpha value is -2.47. The van der Waals surface area contributed by atoms with Gasteiger partial charge in [0.05, 0.1) is 0 Å². The fourth-order valence-corrected chi connectivity index (χ4v) is 2.58. The first-order valence-electron chi connectivity index (χ1n) is 7.34. The van der Waals surface area contributed by atoms with Crippen LogP contribution in [0.1, 0.15) is 16.1 Å². The number of rotatable bonds is 3. The highest BCUT2D eigenvalue weighted by Gasteiger charge is 2.22. The van der Waals surface area contributed by atoms with E-state index in [1.165, 1.54) is 17.7 Å². The molecule has 0 spiro atoms. The Morgan fingerprint density at radius 3 is 2.41 bits per heavy atom. The number of amides is 1. The van der Waals surface area contributed by atoms with Crippen molar-refractivity contribution >= 4 is 5.91 Å². The molecule has 1 amide bonds. The van der Waals surface area contributed by atoms with Crippen LogP contribution in [-0.2, 0) is 6.54 Å². The van der Waals surface area contributed by atoms with Gasteiger partial charge < -0.3 is 4.90 Å². The van der Waals surface area contributed by atoms with Gasteiger partial charge in [-0.1, -0.05) is 30.3 Å². The molecule has 1 saturated heterocycles. The van der Waals surface area contributed by atoms with Gasteiger partial charge in [0.2, 0.25) is 0 Å². The van der Waals surface area contributed by atoms with Gasteiger partial charge in [0.15, 0.2) is 0 Å². The standard InChI is InChI=1S/C16H18N4O2/c21-15-7-6-14(17-18-15)16(22)20-10-8-19(9-11-20)12-13-4-2-1-3-5-13/h1-7H,8-12H2,(H,18,21). The number of H-pyrrole nitrogens is 1. The van der Waals surface area contributed by atoms with Crippen molar-refractivity contribution in [3.8, 4) is 0 Å². The maximum absolute atomic E-state index is 12.3. The molecular weight excluding hydrogens is 280 g/mol. The zero-order chi connectivity index (χ0) is 15.4. The molecule has 1 aromatic carbocycles. The summed E-state index contributed by atoms with van der Waals surface area (Å²) in [6, 6.07) is 13.1. The fourth-order valence-electron chi connectivity index (χ4n) is 2.58. The lowest BCUT2D eigenvalue weighted by Gasteiger charge is -2.34. The zero-order valence-corrected chi connectivity index (χ0v) is 12.2. The number of piperazine rings is 1. The van der Waals surface area contributed by atoms with E-state index in [2.05, 4.69) is 27.2 Å². The first-order valence-corrected chi connectivity index (χ1v) is 7.34. The molecule has 1 aromatic heterocycles. The summed E-state index contributed by atoms with van der Waals surface area (Å²) in [7, 11) is 0. The number of nitrogens with one attached hydrogen (secondary N) is 1. The summed E-state index contributed by atoms with van der Waals surface area (Å²) in [6.45, 7) is 3.92. The Morgan fingerprint density at radius 1 is 1.05 bits per heavy atom. The van der Waals surface area contributed by atoms with Gasteiger partial charge in [0.1, 0.15) is 5.69 Å². The third-order valence-electron chi connectivity index (χ3n) is 3.81. The topological polar surface area (TPSA) is 69.3 Å². The quantitative estimate of drug-likeness (QED) is 0.907. The first-order chi connectivity index (χ1) is 10.7. The molecular formula is C16H18N4O2. The van der Waals surface area contributed by atoms with Gasteiger partial charge in [-0.15, -0.1) is 0 Å². The van der Waals surface area contributed by atoms with E-state index in [0.29, 0.717) is 13.1 Å². The summed E-state index contributed by atoms with van der Waals surface area (Å²) in [5.41, 5.74) is 1.27. The van der Waals surface area contributed by atoms with Crippen molar-refractivity contribution in [1.29, 1.82) is 0 Å². The molecule has 6 nitrogen and oxygen atoms in total. The molecule has 114 valence electrons. The Morgan fingerprint density at radius 2 is 1.77 bits per heavy atom. The summed E-state index contributed by atoms with van der Waals surface area (Å²) in [5.74, 6) is -0.129. The van der Waals surface area contributed by atoms with Crippen molar-refractivity contribution < 1.29 is 4.79 Å². The molecule has 2 heterocycles. The van der Waals surface area contributed by atoms with E-state index in [1.807, 2.05) is 18.2 Å². The van der Waals surface area contributed by atoms with Crippen LogP contribution in [0, 0.1) is 0 Å². The Bertz CT molecular complexity index is 670. The van der Waals surface area contributed by atoms with E-state index in [0.717, 1.165) is 19.6 Å².